The van der Waals surface area contributed by atoms with E-state index in [2.05, 4.69) is 38.1 Å². The molecule has 1 aliphatic rings. The number of rotatable bonds is 3. The van der Waals surface area contributed by atoms with E-state index >= 15 is 0 Å². The molecule has 0 aliphatic heterocycles. The minimum absolute atomic E-state index is 0.354. The van der Waals surface area contributed by atoms with Crippen LogP contribution in [0.4, 0.5) is 0 Å². The van der Waals surface area contributed by atoms with Crippen LogP contribution < -0.4 is 0 Å². The molecule has 0 aromatic heterocycles. The molecule has 0 radical (unpaired) electrons. The van der Waals surface area contributed by atoms with Crippen LogP contribution in [-0.4, -0.2) is 6.10 Å². The van der Waals surface area contributed by atoms with Gasteiger partial charge in [0.05, 0.1) is 12.7 Å². The average molecular weight is 218 g/mol. The van der Waals surface area contributed by atoms with Gasteiger partial charge in [0.15, 0.2) is 0 Å². The van der Waals surface area contributed by atoms with Crippen molar-refractivity contribution in [1.82, 2.24) is 0 Å². The molecule has 1 unspecified atom stereocenters. The van der Waals surface area contributed by atoms with Gasteiger partial charge in [0.1, 0.15) is 0 Å². The topological polar surface area (TPSA) is 9.23 Å². The Kier molecular flexibility index (Phi) is 3.65. The molecule has 0 bridgehead atoms. The second-order valence-corrected chi connectivity index (χ2v) is 5.52. The fourth-order valence-corrected chi connectivity index (χ4v) is 2.54. The second-order valence-electron chi connectivity index (χ2n) is 5.52. The highest BCUT2D eigenvalue weighted by molar-refractivity contribution is 5.13. The molecule has 1 saturated carbocycles. The first-order valence-electron chi connectivity index (χ1n) is 6.34. The molecule has 0 saturated heterocycles. The first-order valence-corrected chi connectivity index (χ1v) is 6.34. The maximum atomic E-state index is 6.08. The lowest BCUT2D eigenvalue weighted by molar-refractivity contribution is -0.0593. The Balaban J connectivity index is 1.90. The van der Waals surface area contributed by atoms with Crippen LogP contribution >= 0.6 is 0 Å². The number of hydrogen-bond acceptors (Lipinski definition) is 1. The van der Waals surface area contributed by atoms with Crippen molar-refractivity contribution < 1.29 is 4.74 Å². The summed E-state index contributed by atoms with van der Waals surface area (Å²) >= 11 is 0. The molecular weight excluding hydrogens is 196 g/mol. The molecule has 0 spiro atoms. The zero-order valence-corrected chi connectivity index (χ0v) is 10.4. The molecule has 2 rings (SSSR count). The van der Waals surface area contributed by atoms with E-state index in [4.69, 9.17) is 4.74 Å². The summed E-state index contributed by atoms with van der Waals surface area (Å²) in [6.45, 7) is 5.43. The van der Waals surface area contributed by atoms with E-state index in [0.29, 0.717) is 11.5 Å². The Morgan fingerprint density at radius 3 is 2.62 bits per heavy atom. The number of ether oxygens (including phenoxy) is 1. The summed E-state index contributed by atoms with van der Waals surface area (Å²) in [6, 6.07) is 10.5. The minimum Gasteiger partial charge on any atom is -0.373 e. The smallest absolute Gasteiger partial charge is 0.0720 e. The number of benzene rings is 1. The van der Waals surface area contributed by atoms with Crippen LogP contribution in [0.3, 0.4) is 0 Å². The highest BCUT2D eigenvalue weighted by Crippen LogP contribution is 2.37. The van der Waals surface area contributed by atoms with Crippen LogP contribution in [0, 0.1) is 5.41 Å². The van der Waals surface area contributed by atoms with Gasteiger partial charge in [-0.3, -0.25) is 0 Å². The summed E-state index contributed by atoms with van der Waals surface area (Å²) in [5.41, 5.74) is 1.64. The quantitative estimate of drug-likeness (QED) is 0.739. The monoisotopic (exact) mass is 218 g/mol. The molecule has 0 amide bonds. The molecule has 0 N–H and O–H groups in total. The third kappa shape index (κ3) is 2.85. The van der Waals surface area contributed by atoms with Crippen molar-refractivity contribution in [2.45, 2.75) is 52.2 Å². The highest BCUT2D eigenvalue weighted by Gasteiger charge is 2.32. The van der Waals surface area contributed by atoms with E-state index in [1.807, 2.05) is 6.07 Å². The second kappa shape index (κ2) is 5.01. The molecule has 88 valence electrons. The summed E-state index contributed by atoms with van der Waals surface area (Å²) in [5.74, 6) is 0. The molecule has 1 atom stereocenters. The molecule has 1 aromatic carbocycles. The Bertz CT molecular complexity index is 315. The Hall–Kier alpha value is -0.820. The fourth-order valence-electron chi connectivity index (χ4n) is 2.54. The van der Waals surface area contributed by atoms with Crippen molar-refractivity contribution >= 4 is 0 Å². The van der Waals surface area contributed by atoms with Gasteiger partial charge in [-0.25, -0.2) is 0 Å². The summed E-state index contributed by atoms with van der Waals surface area (Å²) in [6.07, 6.45) is 5.63. The maximum absolute atomic E-state index is 6.08. The van der Waals surface area contributed by atoms with E-state index in [1.165, 1.54) is 31.2 Å². The van der Waals surface area contributed by atoms with Crippen molar-refractivity contribution in [1.29, 1.82) is 0 Å². The van der Waals surface area contributed by atoms with Gasteiger partial charge >= 0.3 is 0 Å². The zero-order valence-electron chi connectivity index (χ0n) is 10.4. The average Bonchev–Trinajstić information content (AvgIpc) is 2.28. The highest BCUT2D eigenvalue weighted by atomic mass is 16.5. The van der Waals surface area contributed by atoms with Gasteiger partial charge in [0.2, 0.25) is 0 Å². The third-order valence-electron chi connectivity index (χ3n) is 3.70. The summed E-state index contributed by atoms with van der Waals surface area (Å²) in [5, 5.41) is 0. The largest absolute Gasteiger partial charge is 0.373 e. The van der Waals surface area contributed by atoms with Gasteiger partial charge in [0, 0.05) is 0 Å². The van der Waals surface area contributed by atoms with Crippen LogP contribution in [0.25, 0.3) is 0 Å². The molecule has 1 aliphatic carbocycles. The van der Waals surface area contributed by atoms with Crippen LogP contribution in [0.15, 0.2) is 30.3 Å². The minimum atomic E-state index is 0.354. The van der Waals surface area contributed by atoms with Crippen molar-refractivity contribution in [2.75, 3.05) is 0 Å². The first kappa shape index (κ1) is 11.7. The molecule has 1 heteroatoms. The SMILES string of the molecule is CC1(C)CCCCC1OCc1ccccc1. The molecule has 1 aromatic rings. The molecule has 1 nitrogen and oxygen atoms in total. The third-order valence-corrected chi connectivity index (χ3v) is 3.70. The van der Waals surface area contributed by atoms with Crippen LogP contribution in [0.1, 0.15) is 45.1 Å². The molecular formula is C15H22O. The van der Waals surface area contributed by atoms with E-state index in [9.17, 15) is 0 Å². The van der Waals surface area contributed by atoms with Crippen molar-refractivity contribution in [3.63, 3.8) is 0 Å². The summed E-state index contributed by atoms with van der Waals surface area (Å²) < 4.78 is 6.08. The molecule has 16 heavy (non-hydrogen) atoms. The Labute approximate surface area is 98.8 Å². The van der Waals surface area contributed by atoms with Gasteiger partial charge in [-0.15, -0.1) is 0 Å². The standard InChI is InChI=1S/C15H22O/c1-15(2)11-7-6-10-14(15)16-12-13-8-4-3-5-9-13/h3-5,8-9,14H,6-7,10-12H2,1-2H3. The van der Waals surface area contributed by atoms with Crippen LogP contribution in [0.2, 0.25) is 0 Å². The van der Waals surface area contributed by atoms with E-state index in [1.54, 1.807) is 0 Å². The van der Waals surface area contributed by atoms with Gasteiger partial charge in [-0.05, 0) is 23.8 Å². The predicted octanol–water partition coefficient (Wildman–Crippen LogP) is 4.17. The lowest BCUT2D eigenvalue weighted by Gasteiger charge is -2.38. The fraction of sp³-hybridized carbons (Fsp3) is 0.600. The van der Waals surface area contributed by atoms with E-state index < -0.39 is 0 Å². The number of hydrogen-bond donors (Lipinski definition) is 0. The Morgan fingerprint density at radius 2 is 1.94 bits per heavy atom. The van der Waals surface area contributed by atoms with Crippen LogP contribution in [0.5, 0.6) is 0 Å². The Morgan fingerprint density at radius 1 is 1.19 bits per heavy atom. The van der Waals surface area contributed by atoms with Gasteiger partial charge in [-0.2, -0.15) is 0 Å². The van der Waals surface area contributed by atoms with Gasteiger partial charge in [0.25, 0.3) is 0 Å². The molecule has 1 fully saturated rings. The summed E-state index contributed by atoms with van der Waals surface area (Å²) in [4.78, 5) is 0. The van der Waals surface area contributed by atoms with Crippen molar-refractivity contribution in [3.05, 3.63) is 35.9 Å². The van der Waals surface area contributed by atoms with E-state index in [-0.39, 0.29) is 0 Å². The zero-order chi connectivity index (χ0) is 11.4. The lowest BCUT2D eigenvalue weighted by Crippen LogP contribution is -2.34. The van der Waals surface area contributed by atoms with Crippen LogP contribution in [-0.2, 0) is 11.3 Å². The van der Waals surface area contributed by atoms with Gasteiger partial charge in [-0.1, -0.05) is 57.0 Å². The first-order chi connectivity index (χ1) is 7.68. The summed E-state index contributed by atoms with van der Waals surface area (Å²) in [7, 11) is 0. The van der Waals surface area contributed by atoms with Crippen molar-refractivity contribution in [3.8, 4) is 0 Å². The van der Waals surface area contributed by atoms with Gasteiger partial charge < -0.3 is 4.74 Å². The maximum Gasteiger partial charge on any atom is 0.0720 e. The lowest BCUT2D eigenvalue weighted by atomic mass is 9.75. The predicted molar refractivity (Wildman–Crippen MR) is 67.3 cm³/mol. The molecule has 0 heterocycles. The van der Waals surface area contributed by atoms with Crippen molar-refractivity contribution in [2.24, 2.45) is 5.41 Å². The van der Waals surface area contributed by atoms with E-state index in [0.717, 1.165) is 6.61 Å². The normalized spacial score (nSPS) is 24.2.